The van der Waals surface area contributed by atoms with Crippen LogP contribution < -0.4 is 5.73 Å². The van der Waals surface area contributed by atoms with Crippen LogP contribution in [0.5, 0.6) is 0 Å². The molecule has 0 aliphatic carbocycles. The van der Waals surface area contributed by atoms with E-state index in [-0.39, 0.29) is 23.6 Å². The van der Waals surface area contributed by atoms with Crippen molar-refractivity contribution in [2.75, 3.05) is 0 Å². The van der Waals surface area contributed by atoms with Crippen LogP contribution in [0.25, 0.3) is 0 Å². The average molecular weight is 303 g/mol. The lowest BCUT2D eigenvalue weighted by Gasteiger charge is -2.13. The van der Waals surface area contributed by atoms with Gasteiger partial charge in [-0.3, -0.25) is 19.9 Å². The normalized spacial score (nSPS) is 11.4. The predicted octanol–water partition coefficient (Wildman–Crippen LogP) is 1.63. The highest BCUT2D eigenvalue weighted by molar-refractivity contribution is 5.95. The molecule has 0 fully saturated rings. The number of rotatable bonds is 4. The quantitative estimate of drug-likeness (QED) is 0.680. The highest BCUT2D eigenvalue weighted by atomic mass is 16.6. The van der Waals surface area contributed by atoms with Crippen molar-refractivity contribution < 1.29 is 9.72 Å². The third-order valence-electron chi connectivity index (χ3n) is 3.09. The number of hydrogen-bond donors (Lipinski definition) is 1. The molecule has 0 unspecified atom stereocenters. The minimum atomic E-state index is -0.884. The maximum absolute atomic E-state index is 11.7. The first-order chi connectivity index (χ1) is 10.2. The molecule has 2 heterocycles. The number of pyridine rings is 1. The minimum absolute atomic E-state index is 0.135. The first-order valence-electron chi connectivity index (χ1n) is 6.67. The number of amides is 1. The van der Waals surface area contributed by atoms with E-state index in [2.05, 4.69) is 10.1 Å². The van der Waals surface area contributed by atoms with Gasteiger partial charge in [0.15, 0.2) is 0 Å². The number of nitro groups is 1. The first kappa shape index (κ1) is 15.6. The van der Waals surface area contributed by atoms with Gasteiger partial charge in [0.05, 0.1) is 17.2 Å². The van der Waals surface area contributed by atoms with Crippen LogP contribution in [0.4, 0.5) is 5.69 Å². The van der Waals surface area contributed by atoms with E-state index < -0.39 is 16.2 Å². The second kappa shape index (κ2) is 5.55. The fourth-order valence-electron chi connectivity index (χ4n) is 2.13. The monoisotopic (exact) mass is 303 g/mol. The highest BCUT2D eigenvalue weighted by Gasteiger charge is 2.36. The summed E-state index contributed by atoms with van der Waals surface area (Å²) in [6, 6.07) is 5.29. The molecular weight excluding hydrogens is 286 g/mol. The van der Waals surface area contributed by atoms with Gasteiger partial charge in [-0.25, -0.2) is 4.68 Å². The summed E-state index contributed by atoms with van der Waals surface area (Å²) in [7, 11) is 0. The zero-order valence-electron chi connectivity index (χ0n) is 12.6. The molecule has 0 atom stereocenters. The number of nitrogens with two attached hydrogens (primary N) is 1. The third kappa shape index (κ3) is 2.95. The van der Waals surface area contributed by atoms with E-state index in [1.54, 1.807) is 45.2 Å². The van der Waals surface area contributed by atoms with Crippen molar-refractivity contribution in [1.29, 1.82) is 0 Å². The molecule has 22 heavy (non-hydrogen) atoms. The SMILES string of the molecule is CC(C)(C)c1nn(Cc2ccccn2)c(C(N)=O)c1[N+](=O)[O-]. The molecule has 0 aliphatic heterocycles. The minimum Gasteiger partial charge on any atom is -0.364 e. The van der Waals surface area contributed by atoms with Gasteiger partial charge in [0, 0.05) is 11.6 Å². The Bertz CT molecular complexity index is 716. The van der Waals surface area contributed by atoms with E-state index >= 15 is 0 Å². The topological polar surface area (TPSA) is 117 Å². The molecule has 0 spiro atoms. The van der Waals surface area contributed by atoms with E-state index in [0.29, 0.717) is 5.69 Å². The molecule has 2 aromatic heterocycles. The molecule has 2 rings (SSSR count). The van der Waals surface area contributed by atoms with Crippen molar-refractivity contribution in [3.05, 3.63) is 51.6 Å². The standard InChI is InChI=1S/C14H17N5O3/c1-14(2,3)12-10(19(21)22)11(13(15)20)18(17-12)8-9-6-4-5-7-16-9/h4-7H,8H2,1-3H3,(H2,15,20). The molecule has 116 valence electrons. The van der Waals surface area contributed by atoms with Crippen molar-refractivity contribution in [2.24, 2.45) is 5.73 Å². The summed E-state index contributed by atoms with van der Waals surface area (Å²) >= 11 is 0. The summed E-state index contributed by atoms with van der Waals surface area (Å²) in [5.74, 6) is -0.884. The summed E-state index contributed by atoms with van der Waals surface area (Å²) < 4.78 is 1.25. The number of carbonyl (C=O) groups is 1. The molecule has 0 aliphatic rings. The lowest BCUT2D eigenvalue weighted by atomic mass is 9.91. The Morgan fingerprint density at radius 3 is 2.55 bits per heavy atom. The maximum atomic E-state index is 11.7. The van der Waals surface area contributed by atoms with Crippen molar-refractivity contribution in [1.82, 2.24) is 14.8 Å². The van der Waals surface area contributed by atoms with Crippen LogP contribution in [-0.2, 0) is 12.0 Å². The molecule has 0 aromatic carbocycles. The molecule has 0 bridgehead atoms. The molecule has 0 radical (unpaired) electrons. The van der Waals surface area contributed by atoms with Crippen LogP contribution in [-0.4, -0.2) is 25.6 Å². The lowest BCUT2D eigenvalue weighted by molar-refractivity contribution is -0.386. The third-order valence-corrected chi connectivity index (χ3v) is 3.09. The highest BCUT2D eigenvalue weighted by Crippen LogP contribution is 2.33. The van der Waals surface area contributed by atoms with Crippen LogP contribution in [0.2, 0.25) is 0 Å². The predicted molar refractivity (Wildman–Crippen MR) is 79.4 cm³/mol. The van der Waals surface area contributed by atoms with Crippen LogP contribution in [0.1, 0.15) is 42.6 Å². The van der Waals surface area contributed by atoms with Gasteiger partial charge in [-0.1, -0.05) is 26.8 Å². The van der Waals surface area contributed by atoms with Gasteiger partial charge in [-0.15, -0.1) is 0 Å². The Morgan fingerprint density at radius 2 is 2.09 bits per heavy atom. The molecule has 8 heteroatoms. The van der Waals surface area contributed by atoms with Gasteiger partial charge >= 0.3 is 5.69 Å². The van der Waals surface area contributed by atoms with E-state index in [1.165, 1.54) is 4.68 Å². The molecule has 0 saturated heterocycles. The molecular formula is C14H17N5O3. The smallest absolute Gasteiger partial charge is 0.323 e. The molecule has 2 aromatic rings. The van der Waals surface area contributed by atoms with Gasteiger partial charge < -0.3 is 5.73 Å². The average Bonchev–Trinajstić information content (AvgIpc) is 2.79. The zero-order chi connectivity index (χ0) is 16.5. The van der Waals surface area contributed by atoms with Gasteiger partial charge in [-0.2, -0.15) is 5.10 Å². The molecule has 2 N–H and O–H groups in total. The maximum Gasteiger partial charge on any atom is 0.323 e. The fraction of sp³-hybridized carbons (Fsp3) is 0.357. The van der Waals surface area contributed by atoms with Crippen molar-refractivity contribution in [3.8, 4) is 0 Å². The Hall–Kier alpha value is -2.77. The number of hydrogen-bond acceptors (Lipinski definition) is 5. The second-order valence-corrected chi connectivity index (χ2v) is 5.90. The Morgan fingerprint density at radius 1 is 1.41 bits per heavy atom. The zero-order valence-corrected chi connectivity index (χ0v) is 12.6. The molecule has 8 nitrogen and oxygen atoms in total. The van der Waals surface area contributed by atoms with E-state index in [9.17, 15) is 14.9 Å². The Kier molecular flexibility index (Phi) is 3.94. The summed E-state index contributed by atoms with van der Waals surface area (Å²) in [4.78, 5) is 26.6. The number of primary amides is 1. The van der Waals surface area contributed by atoms with Crippen LogP contribution in [0, 0.1) is 10.1 Å². The Balaban J connectivity index is 2.63. The van der Waals surface area contributed by atoms with Gasteiger partial charge in [0.25, 0.3) is 5.91 Å². The van der Waals surface area contributed by atoms with Crippen molar-refractivity contribution in [2.45, 2.75) is 32.7 Å². The molecule has 0 saturated carbocycles. The van der Waals surface area contributed by atoms with Gasteiger partial charge in [-0.05, 0) is 12.1 Å². The van der Waals surface area contributed by atoms with E-state index in [0.717, 1.165) is 0 Å². The van der Waals surface area contributed by atoms with Crippen LogP contribution in [0.3, 0.4) is 0 Å². The number of nitrogens with zero attached hydrogens (tertiary/aromatic N) is 4. The van der Waals surface area contributed by atoms with Crippen LogP contribution in [0.15, 0.2) is 24.4 Å². The van der Waals surface area contributed by atoms with Crippen LogP contribution >= 0.6 is 0 Å². The fourth-order valence-corrected chi connectivity index (χ4v) is 2.13. The van der Waals surface area contributed by atoms with Gasteiger partial charge in [0.2, 0.25) is 5.69 Å². The number of aromatic nitrogens is 3. The lowest BCUT2D eigenvalue weighted by Crippen LogP contribution is -2.19. The summed E-state index contributed by atoms with van der Waals surface area (Å²) in [6.45, 7) is 5.50. The van der Waals surface area contributed by atoms with Crippen molar-refractivity contribution >= 4 is 11.6 Å². The van der Waals surface area contributed by atoms with E-state index in [4.69, 9.17) is 5.73 Å². The van der Waals surface area contributed by atoms with Crippen molar-refractivity contribution in [3.63, 3.8) is 0 Å². The Labute approximate surface area is 127 Å². The molecule has 1 amide bonds. The van der Waals surface area contributed by atoms with Gasteiger partial charge in [0.1, 0.15) is 5.69 Å². The summed E-state index contributed by atoms with van der Waals surface area (Å²) in [5, 5.41) is 15.6. The summed E-state index contributed by atoms with van der Waals surface area (Å²) in [6.07, 6.45) is 1.60. The summed E-state index contributed by atoms with van der Waals surface area (Å²) in [5.41, 5.74) is 5.05. The second-order valence-electron chi connectivity index (χ2n) is 5.90. The van der Waals surface area contributed by atoms with E-state index in [1.807, 2.05) is 0 Å². The first-order valence-corrected chi connectivity index (χ1v) is 6.67. The number of carbonyl (C=O) groups excluding carboxylic acids is 1. The largest absolute Gasteiger partial charge is 0.364 e.